The normalized spacial score (nSPS) is 20.5. The van der Waals surface area contributed by atoms with Crippen molar-refractivity contribution in [1.29, 1.82) is 10.5 Å². The third-order valence-electron chi connectivity index (χ3n) is 6.21. The molecular formula is C26H42N2O6. The first kappa shape index (κ1) is 29.9. The molecule has 0 aromatic carbocycles. The molecule has 0 spiro atoms. The van der Waals surface area contributed by atoms with Crippen LogP contribution in [0.2, 0.25) is 0 Å². The minimum absolute atomic E-state index is 0.199. The van der Waals surface area contributed by atoms with E-state index in [1.54, 1.807) is 41.5 Å². The van der Waals surface area contributed by atoms with E-state index in [0.29, 0.717) is 37.9 Å². The van der Waals surface area contributed by atoms with Gasteiger partial charge in [0.25, 0.3) is 0 Å². The average Bonchev–Trinajstić information content (AvgIpc) is 2.79. The van der Waals surface area contributed by atoms with Crippen LogP contribution in [0.5, 0.6) is 0 Å². The summed E-state index contributed by atoms with van der Waals surface area (Å²) >= 11 is 0. The van der Waals surface area contributed by atoms with Gasteiger partial charge in [-0.3, -0.25) is 9.59 Å². The lowest BCUT2D eigenvalue weighted by Crippen LogP contribution is -2.27. The fraction of sp³-hybridized carbons (Fsp3) is 0.846. The molecule has 1 rings (SSSR count). The van der Waals surface area contributed by atoms with Crippen LogP contribution in [0.3, 0.4) is 0 Å². The van der Waals surface area contributed by atoms with Crippen LogP contribution < -0.4 is 0 Å². The van der Waals surface area contributed by atoms with Gasteiger partial charge in [0.05, 0.1) is 36.2 Å². The average molecular weight is 479 g/mol. The van der Waals surface area contributed by atoms with Gasteiger partial charge in [-0.25, -0.2) is 0 Å². The highest BCUT2D eigenvalue weighted by atomic mass is 16.7. The zero-order chi connectivity index (χ0) is 25.8. The molecule has 0 bridgehead atoms. The number of carbonyl (C=O) groups is 2. The molecule has 0 heterocycles. The summed E-state index contributed by atoms with van der Waals surface area (Å²) in [6.07, 6.45) is 4.11. The summed E-state index contributed by atoms with van der Waals surface area (Å²) in [5.74, 6) is 0.128. The van der Waals surface area contributed by atoms with Crippen molar-refractivity contribution in [2.75, 3.05) is 13.2 Å². The summed E-state index contributed by atoms with van der Waals surface area (Å²) < 4.78 is 22.0. The van der Waals surface area contributed by atoms with E-state index in [-0.39, 0.29) is 24.8 Å². The Labute approximate surface area is 204 Å². The second-order valence-electron chi connectivity index (χ2n) is 10.7. The number of nitriles is 2. The maximum absolute atomic E-state index is 11.9. The minimum atomic E-state index is -0.604. The SMILES string of the molecule is CC(OCC1CCC(COC(C)OC(=O)CCC(C)(C)C#N)CC1)OC(=O)CCC(C)(C)C#N. The van der Waals surface area contributed by atoms with E-state index in [1.165, 1.54) is 0 Å². The molecule has 0 aliphatic heterocycles. The van der Waals surface area contributed by atoms with Crippen LogP contribution in [0.4, 0.5) is 0 Å². The molecule has 1 aliphatic rings. The number of ether oxygens (including phenoxy) is 4. The zero-order valence-corrected chi connectivity index (χ0v) is 21.7. The largest absolute Gasteiger partial charge is 0.436 e. The Balaban J connectivity index is 2.18. The summed E-state index contributed by atoms with van der Waals surface area (Å²) in [5.41, 5.74) is -1.08. The minimum Gasteiger partial charge on any atom is -0.436 e. The molecule has 1 saturated carbocycles. The van der Waals surface area contributed by atoms with Crippen molar-refractivity contribution in [3.63, 3.8) is 0 Å². The monoisotopic (exact) mass is 478 g/mol. The van der Waals surface area contributed by atoms with E-state index in [9.17, 15) is 9.59 Å². The van der Waals surface area contributed by atoms with Crippen molar-refractivity contribution in [3.05, 3.63) is 0 Å². The van der Waals surface area contributed by atoms with Gasteiger partial charge in [-0.05, 0) is 91.9 Å². The molecule has 8 heteroatoms. The Kier molecular flexibility index (Phi) is 12.6. The molecule has 0 aromatic heterocycles. The van der Waals surface area contributed by atoms with E-state index in [0.717, 1.165) is 25.7 Å². The number of hydrogen-bond acceptors (Lipinski definition) is 8. The molecule has 0 aromatic rings. The van der Waals surface area contributed by atoms with Crippen LogP contribution in [0.25, 0.3) is 0 Å². The first-order valence-corrected chi connectivity index (χ1v) is 12.3. The summed E-state index contributed by atoms with van der Waals surface area (Å²) in [6.45, 7) is 11.7. The van der Waals surface area contributed by atoms with Gasteiger partial charge in [0.1, 0.15) is 0 Å². The first-order valence-electron chi connectivity index (χ1n) is 12.3. The zero-order valence-electron chi connectivity index (χ0n) is 21.7. The Morgan fingerprint density at radius 3 is 1.38 bits per heavy atom. The summed E-state index contributed by atoms with van der Waals surface area (Å²) in [4.78, 5) is 23.9. The van der Waals surface area contributed by atoms with Crippen molar-refractivity contribution in [1.82, 2.24) is 0 Å². The third kappa shape index (κ3) is 12.9. The molecule has 0 N–H and O–H groups in total. The molecule has 1 fully saturated rings. The highest BCUT2D eigenvalue weighted by Crippen LogP contribution is 2.30. The molecule has 8 nitrogen and oxygen atoms in total. The van der Waals surface area contributed by atoms with Gasteiger partial charge in [-0.2, -0.15) is 10.5 Å². The number of esters is 2. The molecule has 0 amide bonds. The van der Waals surface area contributed by atoms with Crippen LogP contribution in [0.1, 0.15) is 92.9 Å². The molecule has 2 atom stereocenters. The van der Waals surface area contributed by atoms with E-state index in [1.807, 2.05) is 0 Å². The van der Waals surface area contributed by atoms with Crippen molar-refractivity contribution >= 4 is 11.9 Å². The summed E-state index contributed by atoms with van der Waals surface area (Å²) in [5, 5.41) is 18.0. The van der Waals surface area contributed by atoms with Crippen molar-refractivity contribution < 1.29 is 28.5 Å². The summed E-state index contributed by atoms with van der Waals surface area (Å²) in [7, 11) is 0. The quantitative estimate of drug-likeness (QED) is 0.245. The predicted molar refractivity (Wildman–Crippen MR) is 126 cm³/mol. The molecule has 192 valence electrons. The van der Waals surface area contributed by atoms with Crippen molar-refractivity contribution in [2.24, 2.45) is 22.7 Å². The van der Waals surface area contributed by atoms with Gasteiger partial charge in [0, 0.05) is 12.8 Å². The van der Waals surface area contributed by atoms with Crippen molar-refractivity contribution in [3.8, 4) is 12.1 Å². The predicted octanol–water partition coefficient (Wildman–Crippen LogP) is 5.26. The number of carbonyl (C=O) groups excluding carboxylic acids is 2. The van der Waals surface area contributed by atoms with Gasteiger partial charge in [-0.15, -0.1) is 0 Å². The fourth-order valence-corrected chi connectivity index (χ4v) is 3.61. The maximum atomic E-state index is 11.9. The van der Waals surface area contributed by atoms with Gasteiger partial charge in [0.15, 0.2) is 12.6 Å². The lowest BCUT2D eigenvalue weighted by Gasteiger charge is -2.29. The van der Waals surface area contributed by atoms with Gasteiger partial charge < -0.3 is 18.9 Å². The number of hydrogen-bond donors (Lipinski definition) is 0. The number of nitrogens with zero attached hydrogens (tertiary/aromatic N) is 2. The Bertz CT molecular complexity index is 667. The van der Waals surface area contributed by atoms with E-state index in [2.05, 4.69) is 12.1 Å². The number of rotatable bonds is 14. The van der Waals surface area contributed by atoms with Gasteiger partial charge in [-0.1, -0.05) is 0 Å². The molecule has 1 aliphatic carbocycles. The topological polar surface area (TPSA) is 119 Å². The van der Waals surface area contributed by atoms with Crippen LogP contribution in [-0.2, 0) is 28.5 Å². The van der Waals surface area contributed by atoms with Crippen LogP contribution in [-0.4, -0.2) is 37.7 Å². The second-order valence-corrected chi connectivity index (χ2v) is 10.7. The Hall–Kier alpha value is -2.16. The highest BCUT2D eigenvalue weighted by Gasteiger charge is 2.25. The second kappa shape index (κ2) is 14.3. The van der Waals surface area contributed by atoms with Crippen molar-refractivity contribution in [2.45, 2.75) is 105 Å². The molecule has 2 unspecified atom stereocenters. The summed E-state index contributed by atoms with van der Waals surface area (Å²) in [6, 6.07) is 4.35. The van der Waals surface area contributed by atoms with Gasteiger partial charge in [0.2, 0.25) is 0 Å². The Morgan fingerprint density at radius 2 is 1.09 bits per heavy atom. The van der Waals surface area contributed by atoms with Crippen LogP contribution in [0, 0.1) is 45.3 Å². The molecular weight excluding hydrogens is 436 g/mol. The molecule has 0 saturated heterocycles. The lowest BCUT2D eigenvalue weighted by molar-refractivity contribution is -0.181. The van der Waals surface area contributed by atoms with Crippen LogP contribution in [0.15, 0.2) is 0 Å². The fourth-order valence-electron chi connectivity index (χ4n) is 3.61. The first-order chi connectivity index (χ1) is 15.9. The Morgan fingerprint density at radius 1 is 0.765 bits per heavy atom. The van der Waals surface area contributed by atoms with Crippen LogP contribution >= 0.6 is 0 Å². The molecule has 34 heavy (non-hydrogen) atoms. The smallest absolute Gasteiger partial charge is 0.308 e. The standard InChI is InChI=1S/C26H42N2O6/c1-19(33-23(29)11-13-25(3,4)17-27)31-15-21-7-9-22(10-8-21)16-32-20(2)34-24(30)12-14-26(5,6)18-28/h19-22H,7-16H2,1-6H3. The van der Waals surface area contributed by atoms with E-state index >= 15 is 0 Å². The molecule has 0 radical (unpaired) electrons. The maximum Gasteiger partial charge on any atom is 0.308 e. The highest BCUT2D eigenvalue weighted by molar-refractivity contribution is 5.69. The van der Waals surface area contributed by atoms with E-state index in [4.69, 9.17) is 29.5 Å². The third-order valence-corrected chi connectivity index (χ3v) is 6.21. The lowest BCUT2D eigenvalue weighted by atomic mass is 9.83. The van der Waals surface area contributed by atoms with E-state index < -0.39 is 23.4 Å². The van der Waals surface area contributed by atoms with Gasteiger partial charge >= 0.3 is 11.9 Å².